The van der Waals surface area contributed by atoms with E-state index in [4.69, 9.17) is 16.3 Å². The number of carbonyl (C=O) groups is 3. The van der Waals surface area contributed by atoms with E-state index < -0.39 is 5.97 Å². The maximum Gasteiger partial charge on any atom is 0.308 e. The molecule has 25 heavy (non-hydrogen) atoms. The van der Waals surface area contributed by atoms with Crippen molar-refractivity contribution in [3.63, 3.8) is 0 Å². The van der Waals surface area contributed by atoms with Gasteiger partial charge >= 0.3 is 5.97 Å². The average Bonchev–Trinajstić information content (AvgIpc) is 2.60. The maximum atomic E-state index is 12.0. The van der Waals surface area contributed by atoms with Crippen molar-refractivity contribution in [2.45, 2.75) is 26.2 Å². The van der Waals surface area contributed by atoms with Gasteiger partial charge in [-0.3, -0.25) is 14.4 Å². The highest BCUT2D eigenvalue weighted by Gasteiger charge is 2.21. The van der Waals surface area contributed by atoms with Gasteiger partial charge in [0, 0.05) is 30.2 Å². The zero-order valence-corrected chi connectivity index (χ0v) is 15.1. The lowest BCUT2D eigenvalue weighted by molar-refractivity contribution is -0.152. The summed E-state index contributed by atoms with van der Waals surface area (Å²) < 4.78 is 5.00. The number of piperidine rings is 1. The van der Waals surface area contributed by atoms with Gasteiger partial charge in [-0.15, -0.1) is 0 Å². The normalized spacial score (nSPS) is 17.0. The van der Waals surface area contributed by atoms with E-state index in [2.05, 4.69) is 12.2 Å². The molecular formula is C18H23ClN2O4. The average molecular weight is 367 g/mol. The molecule has 1 aromatic rings. The van der Waals surface area contributed by atoms with E-state index in [9.17, 15) is 14.4 Å². The number of amides is 2. The number of halogens is 1. The summed E-state index contributed by atoms with van der Waals surface area (Å²) >= 11 is 5.76. The number of nitrogens with zero attached hydrogens (tertiary/aromatic N) is 1. The Morgan fingerprint density at radius 1 is 1.28 bits per heavy atom. The first kappa shape index (κ1) is 19.2. The van der Waals surface area contributed by atoms with Crippen molar-refractivity contribution in [3.05, 3.63) is 34.9 Å². The molecule has 0 aromatic heterocycles. The molecule has 1 heterocycles. The number of esters is 1. The lowest BCUT2D eigenvalue weighted by Gasteiger charge is -2.30. The van der Waals surface area contributed by atoms with Gasteiger partial charge in [-0.25, -0.2) is 0 Å². The van der Waals surface area contributed by atoms with Crippen LogP contribution < -0.4 is 5.32 Å². The summed E-state index contributed by atoms with van der Waals surface area (Å²) in [6.07, 6.45) is 2.12. The summed E-state index contributed by atoms with van der Waals surface area (Å²) in [5.41, 5.74) is 0.465. The largest absolute Gasteiger partial charge is 0.456 e. The highest BCUT2D eigenvalue weighted by atomic mass is 35.5. The van der Waals surface area contributed by atoms with E-state index in [0.29, 0.717) is 23.0 Å². The Balaban J connectivity index is 1.64. The lowest BCUT2D eigenvalue weighted by atomic mass is 10.0. The quantitative estimate of drug-likeness (QED) is 0.783. The molecule has 1 N–H and O–H groups in total. The molecule has 1 fully saturated rings. The summed E-state index contributed by atoms with van der Waals surface area (Å²) in [7, 11) is 0. The van der Waals surface area contributed by atoms with Crippen LogP contribution >= 0.6 is 11.6 Å². The molecule has 0 radical (unpaired) electrons. The molecule has 1 saturated heterocycles. The standard InChI is InChI=1S/C18H23ClN2O4/c1-13-3-2-10-21(11-13)16(22)12-25-17(23)8-9-20-18(24)14-4-6-15(19)7-5-14/h4-7,13H,2-3,8-12H2,1H3,(H,20,24)/t13-/m1/s1. The van der Waals surface area contributed by atoms with Crippen LogP contribution in [0.25, 0.3) is 0 Å². The summed E-state index contributed by atoms with van der Waals surface area (Å²) in [5, 5.41) is 3.18. The molecule has 0 aliphatic carbocycles. The number of benzene rings is 1. The van der Waals surface area contributed by atoms with Crippen LogP contribution in [0.4, 0.5) is 0 Å². The van der Waals surface area contributed by atoms with E-state index in [0.717, 1.165) is 19.4 Å². The van der Waals surface area contributed by atoms with Crippen LogP contribution in [0.3, 0.4) is 0 Å². The highest BCUT2D eigenvalue weighted by Crippen LogP contribution is 2.15. The van der Waals surface area contributed by atoms with Gasteiger partial charge in [0.25, 0.3) is 11.8 Å². The topological polar surface area (TPSA) is 75.7 Å². The van der Waals surface area contributed by atoms with Crippen LogP contribution in [0.5, 0.6) is 0 Å². The van der Waals surface area contributed by atoms with Crippen LogP contribution in [0.1, 0.15) is 36.5 Å². The van der Waals surface area contributed by atoms with Crippen LogP contribution in [0, 0.1) is 5.92 Å². The fraction of sp³-hybridized carbons (Fsp3) is 0.500. The van der Waals surface area contributed by atoms with Crippen molar-refractivity contribution in [3.8, 4) is 0 Å². The third kappa shape index (κ3) is 6.38. The predicted molar refractivity (Wildman–Crippen MR) is 94.3 cm³/mol. The summed E-state index contributed by atoms with van der Waals surface area (Å²) in [6.45, 7) is 3.45. The summed E-state index contributed by atoms with van der Waals surface area (Å²) in [6, 6.07) is 6.46. The van der Waals surface area contributed by atoms with Gasteiger partial charge in [0.05, 0.1) is 6.42 Å². The van der Waals surface area contributed by atoms with Gasteiger partial charge in [0.1, 0.15) is 0 Å². The molecule has 136 valence electrons. The molecule has 0 saturated carbocycles. The van der Waals surface area contributed by atoms with Gasteiger partial charge in [-0.1, -0.05) is 18.5 Å². The minimum absolute atomic E-state index is 0.0169. The molecule has 1 aliphatic rings. The monoisotopic (exact) mass is 366 g/mol. The van der Waals surface area contributed by atoms with Crippen molar-refractivity contribution >= 4 is 29.4 Å². The second-order valence-corrected chi connectivity index (χ2v) is 6.70. The molecule has 0 bridgehead atoms. The van der Waals surface area contributed by atoms with Crippen molar-refractivity contribution < 1.29 is 19.1 Å². The third-order valence-corrected chi connectivity index (χ3v) is 4.34. The first-order chi connectivity index (χ1) is 12.0. The second-order valence-electron chi connectivity index (χ2n) is 6.26. The van der Waals surface area contributed by atoms with Crippen LogP contribution in [-0.4, -0.2) is 48.9 Å². The molecule has 1 aliphatic heterocycles. The smallest absolute Gasteiger partial charge is 0.308 e. The second kappa shape index (κ2) is 9.42. The molecule has 1 aromatic carbocycles. The maximum absolute atomic E-state index is 12.0. The van der Waals surface area contributed by atoms with Crippen molar-refractivity contribution in [2.75, 3.05) is 26.2 Å². The minimum atomic E-state index is -0.505. The van der Waals surface area contributed by atoms with Gasteiger partial charge in [-0.2, -0.15) is 0 Å². The zero-order chi connectivity index (χ0) is 18.2. The van der Waals surface area contributed by atoms with Gasteiger partial charge < -0.3 is 15.0 Å². The fourth-order valence-electron chi connectivity index (χ4n) is 2.70. The van der Waals surface area contributed by atoms with E-state index in [-0.39, 0.29) is 31.4 Å². The number of nitrogens with one attached hydrogen (secondary N) is 1. The Kier molecular flexibility index (Phi) is 7.25. The Morgan fingerprint density at radius 2 is 2.00 bits per heavy atom. The van der Waals surface area contributed by atoms with Crippen molar-refractivity contribution in [1.82, 2.24) is 10.2 Å². The van der Waals surface area contributed by atoms with Gasteiger partial charge in [0.2, 0.25) is 0 Å². The van der Waals surface area contributed by atoms with Crippen LogP contribution in [-0.2, 0) is 14.3 Å². The molecule has 2 amide bonds. The number of carbonyl (C=O) groups excluding carboxylic acids is 3. The van der Waals surface area contributed by atoms with Crippen molar-refractivity contribution in [2.24, 2.45) is 5.92 Å². The number of hydrogen-bond donors (Lipinski definition) is 1. The van der Waals surface area contributed by atoms with E-state index in [1.165, 1.54) is 0 Å². The predicted octanol–water partition coefficient (Wildman–Crippen LogP) is 2.26. The van der Waals surface area contributed by atoms with Crippen molar-refractivity contribution in [1.29, 1.82) is 0 Å². The van der Waals surface area contributed by atoms with Gasteiger partial charge in [-0.05, 0) is 43.0 Å². The minimum Gasteiger partial charge on any atom is -0.456 e. The Morgan fingerprint density at radius 3 is 2.68 bits per heavy atom. The van der Waals surface area contributed by atoms with Gasteiger partial charge in [0.15, 0.2) is 6.61 Å². The third-order valence-electron chi connectivity index (χ3n) is 4.09. The number of ether oxygens (including phenoxy) is 1. The molecule has 0 unspecified atom stereocenters. The molecule has 2 rings (SSSR count). The van der Waals surface area contributed by atoms with Crippen LogP contribution in [0.2, 0.25) is 5.02 Å². The zero-order valence-electron chi connectivity index (χ0n) is 14.3. The highest BCUT2D eigenvalue weighted by molar-refractivity contribution is 6.30. The molecular weight excluding hydrogens is 344 g/mol. The first-order valence-corrected chi connectivity index (χ1v) is 8.80. The van der Waals surface area contributed by atoms with E-state index in [1.807, 2.05) is 0 Å². The number of hydrogen-bond acceptors (Lipinski definition) is 4. The molecule has 7 heteroatoms. The Bertz CT molecular complexity index is 618. The summed E-state index contributed by atoms with van der Waals surface area (Å²) in [4.78, 5) is 37.3. The van der Waals surface area contributed by atoms with E-state index >= 15 is 0 Å². The number of likely N-dealkylation sites (tertiary alicyclic amines) is 1. The number of rotatable bonds is 6. The first-order valence-electron chi connectivity index (χ1n) is 8.43. The Hall–Kier alpha value is -2.08. The Labute approximate surface area is 152 Å². The summed E-state index contributed by atoms with van der Waals surface area (Å²) in [5.74, 6) is -0.473. The molecule has 6 nitrogen and oxygen atoms in total. The SMILES string of the molecule is C[C@@H]1CCCN(C(=O)COC(=O)CCNC(=O)c2ccc(Cl)cc2)C1. The van der Waals surface area contributed by atoms with Crippen LogP contribution in [0.15, 0.2) is 24.3 Å². The molecule has 0 spiro atoms. The molecule has 1 atom stereocenters. The van der Waals surface area contributed by atoms with E-state index in [1.54, 1.807) is 29.2 Å². The fourth-order valence-corrected chi connectivity index (χ4v) is 2.83. The lowest BCUT2D eigenvalue weighted by Crippen LogP contribution is -2.41.